The Balaban J connectivity index is 3.21. The Morgan fingerprint density at radius 1 is 1.08 bits per heavy atom. The highest BCUT2D eigenvalue weighted by atomic mass is 31.1. The summed E-state index contributed by atoms with van der Waals surface area (Å²) in [5.74, 6) is 0. The molecule has 3 nitrogen and oxygen atoms in total. The molecule has 0 aromatic rings. The summed E-state index contributed by atoms with van der Waals surface area (Å²) in [7, 11) is -1.95. The lowest BCUT2D eigenvalue weighted by Crippen LogP contribution is -1.88. The van der Waals surface area contributed by atoms with E-state index in [0.717, 1.165) is 0 Å². The Kier molecular flexibility index (Phi) is 8.24. The summed E-state index contributed by atoms with van der Waals surface area (Å²) >= 11 is 0. The molecule has 0 amide bonds. The topological polar surface area (TPSA) is 35.5 Å². The van der Waals surface area contributed by atoms with Crippen LogP contribution in [0.4, 0.5) is 0 Å². The fraction of sp³-hybridized carbons (Fsp3) is 0.500. The minimum Gasteiger partial charge on any atom is -0.119 e. The summed E-state index contributed by atoms with van der Waals surface area (Å²) in [6.45, 7) is 7.80. The molecule has 0 atom stereocenters. The van der Waals surface area contributed by atoms with Crippen LogP contribution in [-0.4, -0.2) is 13.2 Å². The summed E-state index contributed by atoms with van der Waals surface area (Å²) in [6, 6.07) is 0. The summed E-state index contributed by atoms with van der Waals surface area (Å²) in [5, 5.41) is 0. The lowest BCUT2D eigenvalue weighted by molar-refractivity contribution is 0.231. The Hall–Kier alpha value is -0.500. The summed E-state index contributed by atoms with van der Waals surface area (Å²) in [4.78, 5) is 0. The first-order valence-corrected chi connectivity index (χ1v) is 4.85. The minimum atomic E-state index is -1.95. The molecule has 0 saturated carbocycles. The predicted molar refractivity (Wildman–Crippen MR) is 49.1 cm³/mol. The lowest BCUT2D eigenvalue weighted by atomic mass is 10.5. The Labute approximate surface area is 74.0 Å². The SMILES string of the molecule is C=CCCO[P+](=O)OCCC=C. The van der Waals surface area contributed by atoms with Gasteiger partial charge >= 0.3 is 8.25 Å². The van der Waals surface area contributed by atoms with Crippen molar-refractivity contribution in [2.24, 2.45) is 0 Å². The Bertz CT molecular complexity index is 140. The molecule has 0 heterocycles. The number of hydrogen-bond acceptors (Lipinski definition) is 3. The summed E-state index contributed by atoms with van der Waals surface area (Å²) in [5.41, 5.74) is 0. The quantitative estimate of drug-likeness (QED) is 0.334. The normalized spacial score (nSPS) is 9.33. The van der Waals surface area contributed by atoms with E-state index in [9.17, 15) is 4.57 Å². The van der Waals surface area contributed by atoms with Gasteiger partial charge in [-0.15, -0.1) is 22.2 Å². The monoisotopic (exact) mass is 189 g/mol. The molecule has 0 aliphatic heterocycles. The molecule has 0 N–H and O–H groups in total. The van der Waals surface area contributed by atoms with Crippen LogP contribution in [0.2, 0.25) is 0 Å². The molecule has 4 heteroatoms. The van der Waals surface area contributed by atoms with E-state index in [1.54, 1.807) is 12.2 Å². The number of hydrogen-bond donors (Lipinski definition) is 0. The van der Waals surface area contributed by atoms with Gasteiger partial charge in [-0.2, -0.15) is 0 Å². The second-order valence-corrected chi connectivity index (χ2v) is 3.01. The van der Waals surface area contributed by atoms with Crippen molar-refractivity contribution in [3.8, 4) is 0 Å². The van der Waals surface area contributed by atoms with Crippen molar-refractivity contribution >= 4 is 8.25 Å². The van der Waals surface area contributed by atoms with Gasteiger partial charge in [0.1, 0.15) is 13.2 Å². The summed E-state index contributed by atoms with van der Waals surface area (Å²) < 4.78 is 20.4. The molecule has 0 saturated heterocycles. The van der Waals surface area contributed by atoms with Crippen LogP contribution in [0.5, 0.6) is 0 Å². The van der Waals surface area contributed by atoms with Crippen molar-refractivity contribution in [1.82, 2.24) is 0 Å². The highest BCUT2D eigenvalue weighted by Gasteiger charge is 2.18. The molecular weight excluding hydrogens is 175 g/mol. The predicted octanol–water partition coefficient (Wildman–Crippen LogP) is 2.83. The highest BCUT2D eigenvalue weighted by molar-refractivity contribution is 7.33. The first kappa shape index (κ1) is 11.5. The average Bonchev–Trinajstić information content (AvgIpc) is 2.06. The van der Waals surface area contributed by atoms with E-state index < -0.39 is 8.25 Å². The van der Waals surface area contributed by atoms with Gasteiger partial charge in [0.15, 0.2) is 0 Å². The minimum absolute atomic E-state index is 0.396. The van der Waals surface area contributed by atoms with Crippen molar-refractivity contribution in [1.29, 1.82) is 0 Å². The maximum Gasteiger partial charge on any atom is 0.697 e. The average molecular weight is 189 g/mol. The second-order valence-electron chi connectivity index (χ2n) is 2.04. The van der Waals surface area contributed by atoms with E-state index in [-0.39, 0.29) is 0 Å². The molecule has 0 unspecified atom stereocenters. The Morgan fingerprint density at radius 2 is 1.50 bits per heavy atom. The van der Waals surface area contributed by atoms with Crippen LogP contribution < -0.4 is 0 Å². The highest BCUT2D eigenvalue weighted by Crippen LogP contribution is 2.23. The van der Waals surface area contributed by atoms with Crippen molar-refractivity contribution in [2.45, 2.75) is 12.8 Å². The zero-order valence-corrected chi connectivity index (χ0v) is 7.96. The van der Waals surface area contributed by atoms with Crippen LogP contribution in [0.25, 0.3) is 0 Å². The molecular formula is C8H14O3P+. The summed E-state index contributed by atoms with van der Waals surface area (Å²) in [6.07, 6.45) is 4.78. The van der Waals surface area contributed by atoms with E-state index in [4.69, 9.17) is 9.05 Å². The molecule has 0 aromatic heterocycles. The maximum absolute atomic E-state index is 10.8. The van der Waals surface area contributed by atoms with Crippen LogP contribution in [0.15, 0.2) is 25.3 Å². The van der Waals surface area contributed by atoms with Gasteiger partial charge in [-0.1, -0.05) is 12.2 Å². The van der Waals surface area contributed by atoms with Gasteiger partial charge in [0.25, 0.3) is 0 Å². The van der Waals surface area contributed by atoms with Crippen LogP contribution >= 0.6 is 8.25 Å². The smallest absolute Gasteiger partial charge is 0.119 e. The first-order chi connectivity index (χ1) is 5.81. The second kappa shape index (κ2) is 8.60. The van der Waals surface area contributed by atoms with Crippen LogP contribution in [0, 0.1) is 0 Å². The molecule has 0 radical (unpaired) electrons. The third kappa shape index (κ3) is 7.61. The van der Waals surface area contributed by atoms with Crippen LogP contribution in [0.1, 0.15) is 12.8 Å². The lowest BCUT2D eigenvalue weighted by Gasteiger charge is -1.87. The molecule has 68 valence electrons. The van der Waals surface area contributed by atoms with Crippen molar-refractivity contribution in [3.05, 3.63) is 25.3 Å². The molecule has 0 fully saturated rings. The van der Waals surface area contributed by atoms with Crippen molar-refractivity contribution in [2.75, 3.05) is 13.2 Å². The molecule has 0 aliphatic rings. The zero-order valence-electron chi connectivity index (χ0n) is 7.07. The first-order valence-electron chi connectivity index (χ1n) is 3.76. The van der Waals surface area contributed by atoms with Gasteiger partial charge < -0.3 is 0 Å². The molecule has 0 aliphatic carbocycles. The van der Waals surface area contributed by atoms with E-state index in [1.165, 1.54) is 0 Å². The fourth-order valence-electron chi connectivity index (χ4n) is 0.458. The largest absolute Gasteiger partial charge is 0.697 e. The maximum atomic E-state index is 10.8. The standard InChI is InChI=1S/C8H14O3P/c1-3-5-7-10-12(9)11-8-6-4-2/h3-4H,1-2,5-8H2/q+1. The Morgan fingerprint density at radius 3 is 1.83 bits per heavy atom. The van der Waals surface area contributed by atoms with Gasteiger partial charge in [-0.3, -0.25) is 0 Å². The zero-order chi connectivity index (χ0) is 9.23. The van der Waals surface area contributed by atoms with Gasteiger partial charge in [0, 0.05) is 4.57 Å². The molecule has 0 rings (SSSR count). The van der Waals surface area contributed by atoms with E-state index in [2.05, 4.69) is 13.2 Å². The fourth-order valence-corrected chi connectivity index (χ4v) is 1.04. The van der Waals surface area contributed by atoms with Crippen molar-refractivity contribution in [3.63, 3.8) is 0 Å². The van der Waals surface area contributed by atoms with Gasteiger partial charge in [-0.25, -0.2) is 0 Å². The molecule has 0 spiro atoms. The van der Waals surface area contributed by atoms with Gasteiger partial charge in [0.2, 0.25) is 0 Å². The van der Waals surface area contributed by atoms with Crippen LogP contribution in [0.3, 0.4) is 0 Å². The molecule has 0 bridgehead atoms. The third-order valence-corrected chi connectivity index (χ3v) is 1.82. The molecule has 0 aromatic carbocycles. The van der Waals surface area contributed by atoms with Gasteiger partial charge in [0.05, 0.1) is 0 Å². The van der Waals surface area contributed by atoms with E-state index in [0.29, 0.717) is 26.1 Å². The van der Waals surface area contributed by atoms with E-state index >= 15 is 0 Å². The third-order valence-electron chi connectivity index (χ3n) is 1.04. The van der Waals surface area contributed by atoms with E-state index in [1.807, 2.05) is 0 Å². The molecule has 12 heavy (non-hydrogen) atoms. The number of rotatable bonds is 8. The van der Waals surface area contributed by atoms with Crippen LogP contribution in [-0.2, 0) is 13.6 Å². The van der Waals surface area contributed by atoms with Gasteiger partial charge in [-0.05, 0) is 12.8 Å². The van der Waals surface area contributed by atoms with Crippen molar-refractivity contribution < 1.29 is 13.6 Å².